The van der Waals surface area contributed by atoms with Crippen molar-refractivity contribution in [2.75, 3.05) is 27.2 Å². The molecular weight excluding hydrogens is 592 g/mol. The average molecular weight is 635 g/mol. The van der Waals surface area contributed by atoms with E-state index in [9.17, 15) is 9.59 Å². The zero-order valence-electron chi connectivity index (χ0n) is 27.5. The largest absolute Gasteiger partial charge is 0.494 e. The highest BCUT2D eigenvalue weighted by molar-refractivity contribution is 6.00. The molecule has 2 amide bonds. The van der Waals surface area contributed by atoms with Gasteiger partial charge in [-0.3, -0.25) is 14.6 Å². The van der Waals surface area contributed by atoms with Gasteiger partial charge in [-0.2, -0.15) is 0 Å². The zero-order chi connectivity index (χ0) is 32.8. The van der Waals surface area contributed by atoms with Crippen molar-refractivity contribution in [3.05, 3.63) is 77.0 Å². The Kier molecular flexibility index (Phi) is 8.19. The van der Waals surface area contributed by atoms with Gasteiger partial charge in [-0.1, -0.05) is 24.6 Å². The number of imidazole rings is 1. The fraction of sp³-hybridized carbons (Fsp3) is 0.389. The number of fused-ring (bicyclic) bond motifs is 3. The minimum absolute atomic E-state index is 0.0591. The lowest BCUT2D eigenvalue weighted by molar-refractivity contribution is -0.0168. The normalized spacial score (nSPS) is 19.5. The fourth-order valence-corrected chi connectivity index (χ4v) is 7.00. The van der Waals surface area contributed by atoms with Crippen LogP contribution in [0.25, 0.3) is 33.6 Å². The Morgan fingerprint density at radius 2 is 1.85 bits per heavy atom. The van der Waals surface area contributed by atoms with E-state index in [0.717, 1.165) is 90.1 Å². The molecule has 0 aliphatic carbocycles. The lowest BCUT2D eigenvalue weighted by Gasteiger charge is -2.38. The molecule has 47 heavy (non-hydrogen) atoms. The molecule has 5 aromatic rings. The van der Waals surface area contributed by atoms with Crippen molar-refractivity contribution >= 4 is 33.9 Å². The third-order valence-electron chi connectivity index (χ3n) is 9.65. The van der Waals surface area contributed by atoms with Crippen molar-refractivity contribution in [2.24, 2.45) is 12.8 Å². The molecule has 11 heteroatoms. The zero-order valence-corrected chi connectivity index (χ0v) is 27.5. The summed E-state index contributed by atoms with van der Waals surface area (Å²) in [6.45, 7) is 3.93. The third kappa shape index (κ3) is 5.63. The van der Waals surface area contributed by atoms with Crippen molar-refractivity contribution in [1.29, 1.82) is 0 Å². The van der Waals surface area contributed by atoms with Crippen LogP contribution in [-0.2, 0) is 20.0 Å². The maximum absolute atomic E-state index is 13.7. The number of nitrogens with one attached hydrogen (secondary N) is 1. The Balaban J connectivity index is 1.30. The quantitative estimate of drug-likeness (QED) is 0.291. The smallest absolute Gasteiger partial charge is 0.268 e. The standard InChI is InChI=1S/C36H42N8O3/c1-22-28-14-13-24-19-30(43(33(24)39-28)16-9-5-6-10-23-11-7-8-12-27(23)35(45)38-22)34-40-29-18-25(20-31(47-4)32(29)42(34)3)36(46)44-21-26(37)15-17-41(44)2/h7-8,11-14,18-20,22,26H,5-6,9-10,15-17,21,37H2,1-4H3,(H,38,45)/t22-,26-/m1/s1. The number of methoxy groups -OCH3 is 1. The van der Waals surface area contributed by atoms with Gasteiger partial charge in [0.1, 0.15) is 16.9 Å². The first-order valence-electron chi connectivity index (χ1n) is 16.5. The van der Waals surface area contributed by atoms with Crippen molar-refractivity contribution in [3.8, 4) is 17.3 Å². The molecule has 2 aliphatic rings. The van der Waals surface area contributed by atoms with Gasteiger partial charge in [-0.15, -0.1) is 0 Å². The number of hydrazine groups is 1. The van der Waals surface area contributed by atoms with E-state index >= 15 is 0 Å². The summed E-state index contributed by atoms with van der Waals surface area (Å²) in [7, 11) is 5.51. The van der Waals surface area contributed by atoms with Gasteiger partial charge in [0.2, 0.25) is 0 Å². The van der Waals surface area contributed by atoms with E-state index in [2.05, 4.69) is 28.1 Å². The summed E-state index contributed by atoms with van der Waals surface area (Å²) in [6, 6.07) is 17.4. The number of carbonyl (C=O) groups excluding carboxylic acids is 2. The lowest BCUT2D eigenvalue weighted by atomic mass is 10.00. The highest BCUT2D eigenvalue weighted by Gasteiger charge is 2.29. The molecule has 7 rings (SSSR count). The van der Waals surface area contributed by atoms with Crippen molar-refractivity contribution in [2.45, 2.75) is 57.7 Å². The summed E-state index contributed by atoms with van der Waals surface area (Å²) in [5.41, 5.74) is 12.6. The molecule has 2 aromatic carbocycles. The summed E-state index contributed by atoms with van der Waals surface area (Å²) < 4.78 is 10.1. The van der Waals surface area contributed by atoms with E-state index in [-0.39, 0.29) is 23.9 Å². The Bertz CT molecular complexity index is 2000. The number of nitrogens with zero attached hydrogens (tertiary/aromatic N) is 6. The van der Waals surface area contributed by atoms with E-state index < -0.39 is 0 Å². The van der Waals surface area contributed by atoms with Crippen LogP contribution in [0.2, 0.25) is 0 Å². The van der Waals surface area contributed by atoms with Crippen molar-refractivity contribution in [1.82, 2.24) is 34.4 Å². The van der Waals surface area contributed by atoms with Crippen LogP contribution >= 0.6 is 0 Å². The van der Waals surface area contributed by atoms with Crippen LogP contribution in [-0.4, -0.2) is 74.2 Å². The summed E-state index contributed by atoms with van der Waals surface area (Å²) in [4.78, 5) is 37.2. The van der Waals surface area contributed by atoms with Gasteiger partial charge in [-0.05, 0) is 74.6 Å². The fourth-order valence-electron chi connectivity index (χ4n) is 7.00. The van der Waals surface area contributed by atoms with Gasteiger partial charge < -0.3 is 24.9 Å². The molecule has 5 heterocycles. The number of amides is 2. The van der Waals surface area contributed by atoms with Gasteiger partial charge in [-0.25, -0.2) is 15.0 Å². The summed E-state index contributed by atoms with van der Waals surface area (Å²) >= 11 is 0. The number of nitrogens with two attached hydrogens (primary N) is 1. The predicted octanol–water partition coefficient (Wildman–Crippen LogP) is 4.84. The Labute approximate surface area is 274 Å². The van der Waals surface area contributed by atoms with Crippen LogP contribution in [0.3, 0.4) is 0 Å². The second kappa shape index (κ2) is 12.5. The Hall–Kier alpha value is -4.74. The molecule has 1 fully saturated rings. The van der Waals surface area contributed by atoms with E-state index in [1.54, 1.807) is 18.2 Å². The molecule has 0 spiro atoms. The monoisotopic (exact) mass is 634 g/mol. The minimum atomic E-state index is -0.279. The van der Waals surface area contributed by atoms with E-state index in [1.165, 1.54) is 0 Å². The summed E-state index contributed by atoms with van der Waals surface area (Å²) in [6.07, 6.45) is 4.62. The maximum atomic E-state index is 13.7. The molecular formula is C36H42N8O3. The van der Waals surface area contributed by atoms with Gasteiger partial charge in [0.25, 0.3) is 11.8 Å². The van der Waals surface area contributed by atoms with Gasteiger partial charge >= 0.3 is 0 Å². The molecule has 244 valence electrons. The SMILES string of the molecule is COc1cc(C(=O)N2C[C@H](N)CCN2C)cc2nc(-c3cc4ccc5nc4n3CCCCCc3ccccc3C(=O)N[C@@H]5C)n(C)c12. The molecule has 3 N–H and O–H groups in total. The maximum Gasteiger partial charge on any atom is 0.268 e. The number of hydrogen-bond acceptors (Lipinski definition) is 7. The number of pyridine rings is 1. The van der Waals surface area contributed by atoms with Crippen LogP contribution in [0, 0.1) is 0 Å². The predicted molar refractivity (Wildman–Crippen MR) is 182 cm³/mol. The van der Waals surface area contributed by atoms with Crippen LogP contribution < -0.4 is 15.8 Å². The van der Waals surface area contributed by atoms with Crippen LogP contribution in [0.5, 0.6) is 5.75 Å². The molecule has 2 atom stereocenters. The number of rotatable bonds is 3. The second-order valence-electron chi connectivity index (χ2n) is 12.9. The molecule has 2 bridgehead atoms. The van der Waals surface area contributed by atoms with Crippen molar-refractivity contribution in [3.63, 3.8) is 0 Å². The molecule has 3 aromatic heterocycles. The van der Waals surface area contributed by atoms with Crippen molar-refractivity contribution < 1.29 is 14.3 Å². The molecule has 0 saturated carbocycles. The first-order chi connectivity index (χ1) is 22.7. The van der Waals surface area contributed by atoms with E-state index in [0.29, 0.717) is 23.4 Å². The topological polar surface area (TPSA) is 124 Å². The second-order valence-corrected chi connectivity index (χ2v) is 12.9. The molecule has 0 radical (unpaired) electrons. The Morgan fingerprint density at radius 3 is 2.68 bits per heavy atom. The number of hydrogen-bond donors (Lipinski definition) is 2. The van der Waals surface area contributed by atoms with Gasteiger partial charge in [0.15, 0.2) is 5.82 Å². The molecule has 2 aliphatic heterocycles. The highest BCUT2D eigenvalue weighted by Crippen LogP contribution is 2.35. The Morgan fingerprint density at radius 1 is 1.02 bits per heavy atom. The number of aryl methyl sites for hydroxylation is 3. The third-order valence-corrected chi connectivity index (χ3v) is 9.65. The van der Waals surface area contributed by atoms with Crippen LogP contribution in [0.1, 0.15) is 70.6 Å². The van der Waals surface area contributed by atoms with E-state index in [4.69, 9.17) is 20.4 Å². The number of carbonyl (C=O) groups is 2. The average Bonchev–Trinajstić information content (AvgIpc) is 3.61. The number of benzene rings is 2. The van der Waals surface area contributed by atoms with Crippen LogP contribution in [0.15, 0.2) is 54.6 Å². The first kappa shape index (κ1) is 30.9. The van der Waals surface area contributed by atoms with Gasteiger partial charge in [0.05, 0.1) is 36.6 Å². The number of ether oxygens (including phenoxy) is 1. The first-order valence-corrected chi connectivity index (χ1v) is 16.5. The summed E-state index contributed by atoms with van der Waals surface area (Å²) in [5, 5.41) is 7.81. The van der Waals surface area contributed by atoms with Gasteiger partial charge in [0, 0.05) is 49.7 Å². The number of aromatic nitrogens is 4. The minimum Gasteiger partial charge on any atom is -0.494 e. The van der Waals surface area contributed by atoms with Crippen LogP contribution in [0.4, 0.5) is 0 Å². The highest BCUT2D eigenvalue weighted by atomic mass is 16.5. The molecule has 11 nitrogen and oxygen atoms in total. The molecule has 0 unspecified atom stereocenters. The lowest BCUT2D eigenvalue weighted by Crippen LogP contribution is -2.55. The molecule has 1 saturated heterocycles. The van der Waals surface area contributed by atoms with E-state index in [1.807, 2.05) is 60.9 Å². The summed E-state index contributed by atoms with van der Waals surface area (Å²) in [5.74, 6) is 1.14.